The van der Waals surface area contributed by atoms with E-state index in [1.165, 1.54) is 41.2 Å². The van der Waals surface area contributed by atoms with E-state index in [1.807, 2.05) is 12.2 Å². The third-order valence-corrected chi connectivity index (χ3v) is 5.24. The molecule has 0 aromatic heterocycles. The van der Waals surface area contributed by atoms with Crippen LogP contribution in [0.3, 0.4) is 0 Å². The summed E-state index contributed by atoms with van der Waals surface area (Å²) in [5, 5.41) is 8.75. The molecule has 0 fully saturated rings. The van der Waals surface area contributed by atoms with E-state index in [-0.39, 0.29) is 0 Å². The molecule has 0 heterocycles. The summed E-state index contributed by atoms with van der Waals surface area (Å²) in [6.45, 7) is 10.9. The Hall–Kier alpha value is -2.09. The monoisotopic (exact) mass is 338 g/mol. The summed E-state index contributed by atoms with van der Waals surface area (Å²) < 4.78 is 0. The molecular formula is C23H30O2. The van der Waals surface area contributed by atoms with E-state index < -0.39 is 5.97 Å². The van der Waals surface area contributed by atoms with Crippen molar-refractivity contribution in [3.63, 3.8) is 0 Å². The van der Waals surface area contributed by atoms with Gasteiger partial charge in [-0.25, -0.2) is 4.79 Å². The lowest BCUT2D eigenvalue weighted by Gasteiger charge is -2.32. The topological polar surface area (TPSA) is 37.3 Å². The van der Waals surface area contributed by atoms with E-state index in [2.05, 4.69) is 52.0 Å². The van der Waals surface area contributed by atoms with Gasteiger partial charge in [-0.3, -0.25) is 0 Å². The fraction of sp³-hybridized carbons (Fsp3) is 0.435. The Morgan fingerprint density at radius 2 is 1.92 bits per heavy atom. The molecule has 0 unspecified atom stereocenters. The van der Waals surface area contributed by atoms with Gasteiger partial charge < -0.3 is 5.11 Å². The molecule has 0 saturated heterocycles. The minimum atomic E-state index is -0.911. The summed E-state index contributed by atoms with van der Waals surface area (Å²) in [6.07, 6.45) is 9.57. The Balaban J connectivity index is 2.28. The maximum absolute atomic E-state index is 10.7. The molecule has 2 atom stereocenters. The smallest absolute Gasteiger partial charge is 0.328 e. The van der Waals surface area contributed by atoms with Crippen LogP contribution in [0.15, 0.2) is 48.1 Å². The SMILES string of the molecule is C/C(=C/C=C/C(C)=C/C(=O)O)c1ccc2c(c1)[C@H](C(C)C)CC[C@H]2C. The van der Waals surface area contributed by atoms with Gasteiger partial charge in [-0.15, -0.1) is 0 Å². The zero-order valence-corrected chi connectivity index (χ0v) is 16.0. The maximum Gasteiger partial charge on any atom is 0.328 e. The molecule has 2 nitrogen and oxygen atoms in total. The summed E-state index contributed by atoms with van der Waals surface area (Å²) in [4.78, 5) is 10.7. The van der Waals surface area contributed by atoms with Gasteiger partial charge in [0.05, 0.1) is 0 Å². The molecule has 0 aliphatic heterocycles. The Morgan fingerprint density at radius 3 is 2.56 bits per heavy atom. The fourth-order valence-electron chi connectivity index (χ4n) is 3.71. The molecule has 0 spiro atoms. The van der Waals surface area contributed by atoms with Crippen molar-refractivity contribution in [2.24, 2.45) is 5.92 Å². The molecular weight excluding hydrogens is 308 g/mol. The second kappa shape index (κ2) is 8.33. The zero-order valence-electron chi connectivity index (χ0n) is 16.0. The normalized spacial score (nSPS) is 21.7. The van der Waals surface area contributed by atoms with Crippen molar-refractivity contribution in [3.05, 3.63) is 64.8 Å². The van der Waals surface area contributed by atoms with Crippen LogP contribution in [0.5, 0.6) is 0 Å². The number of carbonyl (C=O) groups is 1. The highest BCUT2D eigenvalue weighted by Crippen LogP contribution is 2.43. The molecule has 1 aromatic rings. The number of rotatable bonds is 5. The number of aliphatic carboxylic acids is 1. The quantitative estimate of drug-likeness (QED) is 0.504. The largest absolute Gasteiger partial charge is 0.478 e. The van der Waals surface area contributed by atoms with Crippen LogP contribution in [0, 0.1) is 5.92 Å². The van der Waals surface area contributed by atoms with E-state index in [4.69, 9.17) is 5.11 Å². The van der Waals surface area contributed by atoms with Crippen molar-refractivity contribution in [1.82, 2.24) is 0 Å². The first kappa shape index (κ1) is 19.2. The summed E-state index contributed by atoms with van der Waals surface area (Å²) >= 11 is 0. The molecule has 0 bridgehead atoms. The second-order valence-corrected chi connectivity index (χ2v) is 7.61. The number of hydrogen-bond acceptors (Lipinski definition) is 1. The molecule has 1 N–H and O–H groups in total. The van der Waals surface area contributed by atoms with Crippen molar-refractivity contribution in [2.75, 3.05) is 0 Å². The first-order valence-electron chi connectivity index (χ1n) is 9.20. The van der Waals surface area contributed by atoms with Gasteiger partial charge in [0, 0.05) is 6.08 Å². The minimum absolute atomic E-state index is 0.645. The van der Waals surface area contributed by atoms with Gasteiger partial charge in [-0.05, 0) is 72.3 Å². The zero-order chi connectivity index (χ0) is 18.6. The third-order valence-electron chi connectivity index (χ3n) is 5.24. The maximum atomic E-state index is 10.7. The Kier molecular flexibility index (Phi) is 6.41. The van der Waals surface area contributed by atoms with Crippen LogP contribution in [0.4, 0.5) is 0 Å². The minimum Gasteiger partial charge on any atom is -0.478 e. The van der Waals surface area contributed by atoms with Crippen molar-refractivity contribution < 1.29 is 9.90 Å². The van der Waals surface area contributed by atoms with Crippen LogP contribution in [-0.2, 0) is 4.79 Å². The van der Waals surface area contributed by atoms with Gasteiger partial charge in [0.2, 0.25) is 0 Å². The number of fused-ring (bicyclic) bond motifs is 1. The second-order valence-electron chi connectivity index (χ2n) is 7.61. The molecule has 0 radical (unpaired) electrons. The molecule has 1 aliphatic carbocycles. The van der Waals surface area contributed by atoms with Gasteiger partial charge >= 0.3 is 5.97 Å². The van der Waals surface area contributed by atoms with Gasteiger partial charge in [0.15, 0.2) is 0 Å². The van der Waals surface area contributed by atoms with Crippen molar-refractivity contribution in [1.29, 1.82) is 0 Å². The summed E-state index contributed by atoms with van der Waals surface area (Å²) in [5.41, 5.74) is 6.21. The van der Waals surface area contributed by atoms with Gasteiger partial charge in [-0.2, -0.15) is 0 Å². The van der Waals surface area contributed by atoms with E-state index in [1.54, 1.807) is 6.92 Å². The van der Waals surface area contributed by atoms with Crippen LogP contribution >= 0.6 is 0 Å². The molecule has 2 heteroatoms. The summed E-state index contributed by atoms with van der Waals surface area (Å²) in [7, 11) is 0. The first-order chi connectivity index (χ1) is 11.8. The molecule has 0 saturated carbocycles. The van der Waals surface area contributed by atoms with E-state index in [0.29, 0.717) is 17.8 Å². The summed E-state index contributed by atoms with van der Waals surface area (Å²) in [5.74, 6) is 1.04. The predicted molar refractivity (Wildman–Crippen MR) is 106 cm³/mol. The van der Waals surface area contributed by atoms with Crippen LogP contribution in [-0.4, -0.2) is 11.1 Å². The van der Waals surface area contributed by atoms with Crippen LogP contribution < -0.4 is 0 Å². The van der Waals surface area contributed by atoms with E-state index >= 15 is 0 Å². The first-order valence-corrected chi connectivity index (χ1v) is 9.20. The molecule has 2 rings (SSSR count). The fourth-order valence-corrected chi connectivity index (χ4v) is 3.71. The number of carboxylic acids is 1. The molecule has 25 heavy (non-hydrogen) atoms. The number of benzene rings is 1. The van der Waals surface area contributed by atoms with Crippen LogP contribution in [0.1, 0.15) is 76.0 Å². The molecule has 0 amide bonds. The lowest BCUT2D eigenvalue weighted by atomic mass is 9.72. The van der Waals surface area contributed by atoms with Crippen molar-refractivity contribution >= 4 is 11.5 Å². The van der Waals surface area contributed by atoms with Crippen molar-refractivity contribution in [3.8, 4) is 0 Å². The highest BCUT2D eigenvalue weighted by atomic mass is 16.4. The lowest BCUT2D eigenvalue weighted by molar-refractivity contribution is -0.131. The Bertz CT molecular complexity index is 720. The molecule has 1 aliphatic rings. The van der Waals surface area contributed by atoms with E-state index in [0.717, 1.165) is 5.57 Å². The number of allylic oxidation sites excluding steroid dienone is 5. The van der Waals surface area contributed by atoms with Gasteiger partial charge in [-0.1, -0.05) is 57.2 Å². The van der Waals surface area contributed by atoms with Gasteiger partial charge in [0.25, 0.3) is 0 Å². The van der Waals surface area contributed by atoms with E-state index in [9.17, 15) is 4.79 Å². The van der Waals surface area contributed by atoms with Crippen LogP contribution in [0.2, 0.25) is 0 Å². The van der Waals surface area contributed by atoms with Crippen molar-refractivity contribution in [2.45, 2.75) is 59.3 Å². The number of hydrogen-bond donors (Lipinski definition) is 1. The Labute approximate surface area is 152 Å². The van der Waals surface area contributed by atoms with Crippen LogP contribution in [0.25, 0.3) is 5.57 Å². The molecule has 134 valence electrons. The highest BCUT2D eigenvalue weighted by molar-refractivity contribution is 5.81. The Morgan fingerprint density at radius 1 is 1.20 bits per heavy atom. The predicted octanol–water partition coefficient (Wildman–Crippen LogP) is 6.31. The average Bonchev–Trinajstić information content (AvgIpc) is 2.53. The number of carboxylic acid groups (broad SMARTS) is 1. The van der Waals surface area contributed by atoms with Gasteiger partial charge in [0.1, 0.15) is 0 Å². The highest BCUT2D eigenvalue weighted by Gasteiger charge is 2.26. The average molecular weight is 338 g/mol. The lowest BCUT2D eigenvalue weighted by Crippen LogP contribution is -2.17. The molecule has 1 aromatic carbocycles. The standard InChI is InChI=1S/C23H30O2/c1-15(2)20-11-9-18(5)21-12-10-19(14-22(20)21)17(4)8-6-7-16(3)13-23(24)25/h6-8,10,12-15,18,20H,9,11H2,1-5H3,(H,24,25)/b7-6+,16-13+,17-8-/t18-,20+/m1/s1. The third kappa shape index (κ3) is 4.94. The summed E-state index contributed by atoms with van der Waals surface area (Å²) in [6, 6.07) is 6.90.